The van der Waals surface area contributed by atoms with E-state index in [1.54, 1.807) is 10.8 Å². The van der Waals surface area contributed by atoms with Gasteiger partial charge in [-0.2, -0.15) is 5.10 Å². The van der Waals surface area contributed by atoms with Gasteiger partial charge in [-0.25, -0.2) is 0 Å². The molecule has 1 saturated carbocycles. The molecule has 3 heteroatoms. The third kappa shape index (κ3) is 3.03. The number of benzene rings is 1. The monoisotopic (exact) mass is 294 g/mol. The molecular weight excluding hydrogens is 272 g/mol. The van der Waals surface area contributed by atoms with Crippen molar-refractivity contribution in [2.45, 2.75) is 44.6 Å². The number of rotatable bonds is 5. The number of aldehydes is 1. The summed E-state index contributed by atoms with van der Waals surface area (Å²) < 4.78 is 1.68. The topological polar surface area (TPSA) is 34.9 Å². The third-order valence-corrected chi connectivity index (χ3v) is 4.52. The lowest BCUT2D eigenvalue weighted by molar-refractivity contribution is 0.111. The minimum absolute atomic E-state index is 0.550. The maximum Gasteiger partial charge on any atom is 0.168 e. The van der Waals surface area contributed by atoms with Crippen molar-refractivity contribution in [3.8, 4) is 11.3 Å². The van der Waals surface area contributed by atoms with Gasteiger partial charge >= 0.3 is 0 Å². The largest absolute Gasteiger partial charge is 0.296 e. The molecule has 1 heterocycles. The van der Waals surface area contributed by atoms with Crippen molar-refractivity contribution in [3.63, 3.8) is 0 Å². The summed E-state index contributed by atoms with van der Waals surface area (Å²) in [4.78, 5) is 11.1. The quantitative estimate of drug-likeness (QED) is 0.597. The van der Waals surface area contributed by atoms with Gasteiger partial charge in [0.15, 0.2) is 6.29 Å². The zero-order chi connectivity index (χ0) is 15.4. The van der Waals surface area contributed by atoms with E-state index in [-0.39, 0.29) is 0 Å². The highest BCUT2D eigenvalue weighted by Gasteiger charge is 2.15. The molecule has 0 N–H and O–H groups in total. The second-order valence-electron chi connectivity index (χ2n) is 6.00. The summed E-state index contributed by atoms with van der Waals surface area (Å²) >= 11 is 0. The van der Waals surface area contributed by atoms with Crippen molar-refractivity contribution < 1.29 is 4.79 Å². The lowest BCUT2D eigenvalue weighted by Crippen LogP contribution is -2.04. The summed E-state index contributed by atoms with van der Waals surface area (Å²) in [6.07, 6.45) is 9.28. The highest BCUT2D eigenvalue weighted by Crippen LogP contribution is 2.33. The Balaban J connectivity index is 1.83. The van der Waals surface area contributed by atoms with Crippen molar-refractivity contribution in [3.05, 3.63) is 54.2 Å². The lowest BCUT2D eigenvalue weighted by atomic mass is 9.84. The summed E-state index contributed by atoms with van der Waals surface area (Å²) in [5.74, 6) is 0.714. The van der Waals surface area contributed by atoms with E-state index in [1.165, 1.54) is 37.7 Å². The van der Waals surface area contributed by atoms with Crippen molar-refractivity contribution in [1.29, 1.82) is 0 Å². The standard InChI is InChI=1S/C19H22N2O/c1-2-12-21-18(14-22)13-19(20-21)17-10-8-16(9-11-17)15-6-4-3-5-7-15/h2,8-11,13-15H,1,3-7,12H2. The third-order valence-electron chi connectivity index (χ3n) is 4.52. The first-order valence-corrected chi connectivity index (χ1v) is 8.06. The fraction of sp³-hybridized carbons (Fsp3) is 0.368. The molecular formula is C19H22N2O. The zero-order valence-corrected chi connectivity index (χ0v) is 12.9. The van der Waals surface area contributed by atoms with Gasteiger partial charge in [-0.05, 0) is 30.4 Å². The van der Waals surface area contributed by atoms with Crippen molar-refractivity contribution in [2.24, 2.45) is 0 Å². The molecule has 22 heavy (non-hydrogen) atoms. The Morgan fingerprint density at radius 1 is 1.18 bits per heavy atom. The number of carbonyl (C=O) groups excluding carboxylic acids is 1. The second-order valence-corrected chi connectivity index (χ2v) is 6.00. The minimum Gasteiger partial charge on any atom is -0.296 e. The van der Waals surface area contributed by atoms with Gasteiger partial charge in [0.25, 0.3) is 0 Å². The van der Waals surface area contributed by atoms with Gasteiger partial charge in [0.2, 0.25) is 0 Å². The molecule has 1 fully saturated rings. The normalized spacial score (nSPS) is 15.6. The lowest BCUT2D eigenvalue weighted by Gasteiger charge is -2.22. The van der Waals surface area contributed by atoms with Crippen molar-refractivity contribution in [1.82, 2.24) is 9.78 Å². The molecule has 1 aliphatic carbocycles. The van der Waals surface area contributed by atoms with Gasteiger partial charge in [0.1, 0.15) is 5.69 Å². The predicted molar refractivity (Wildman–Crippen MR) is 89.1 cm³/mol. The van der Waals surface area contributed by atoms with E-state index in [4.69, 9.17) is 0 Å². The fourth-order valence-electron chi connectivity index (χ4n) is 3.30. The number of aromatic nitrogens is 2. The van der Waals surface area contributed by atoms with Crippen LogP contribution in [0.5, 0.6) is 0 Å². The maximum atomic E-state index is 11.1. The molecule has 1 aromatic heterocycles. The Labute approximate surface area is 131 Å². The van der Waals surface area contributed by atoms with Crippen LogP contribution in [0.4, 0.5) is 0 Å². The van der Waals surface area contributed by atoms with Gasteiger partial charge in [0, 0.05) is 5.56 Å². The Bertz CT molecular complexity index is 649. The summed E-state index contributed by atoms with van der Waals surface area (Å²) in [7, 11) is 0. The van der Waals surface area contributed by atoms with E-state index in [1.807, 2.05) is 6.07 Å². The van der Waals surface area contributed by atoms with E-state index < -0.39 is 0 Å². The molecule has 1 aromatic carbocycles. The number of hydrogen-bond donors (Lipinski definition) is 0. The smallest absolute Gasteiger partial charge is 0.168 e. The van der Waals surface area contributed by atoms with Crippen molar-refractivity contribution in [2.75, 3.05) is 0 Å². The van der Waals surface area contributed by atoms with Gasteiger partial charge in [-0.3, -0.25) is 9.48 Å². The first kappa shape index (κ1) is 14.8. The predicted octanol–water partition coefficient (Wildman–Crippen LogP) is 4.60. The van der Waals surface area contributed by atoms with Gasteiger partial charge in [0.05, 0.1) is 12.2 Å². The van der Waals surface area contributed by atoms with E-state index >= 15 is 0 Å². The summed E-state index contributed by atoms with van der Waals surface area (Å²) in [5.41, 5.74) is 3.93. The number of allylic oxidation sites excluding steroid dienone is 1. The second kappa shape index (κ2) is 6.73. The van der Waals surface area contributed by atoms with Gasteiger partial charge in [-0.15, -0.1) is 6.58 Å². The van der Waals surface area contributed by atoms with Crippen LogP contribution in [0.3, 0.4) is 0 Å². The number of nitrogens with zero attached hydrogens (tertiary/aromatic N) is 2. The van der Waals surface area contributed by atoms with E-state index in [9.17, 15) is 4.79 Å². The number of carbonyl (C=O) groups is 1. The summed E-state index contributed by atoms with van der Waals surface area (Å²) in [5, 5.41) is 4.50. The van der Waals surface area contributed by atoms with E-state index in [2.05, 4.69) is 35.9 Å². The van der Waals surface area contributed by atoms with E-state index in [0.717, 1.165) is 17.5 Å². The van der Waals surface area contributed by atoms with Crippen LogP contribution in [-0.2, 0) is 6.54 Å². The van der Waals surface area contributed by atoms with Crippen LogP contribution < -0.4 is 0 Å². The first-order valence-electron chi connectivity index (χ1n) is 8.06. The molecule has 0 atom stereocenters. The van der Waals surface area contributed by atoms with Crippen LogP contribution in [0.15, 0.2) is 43.0 Å². The fourth-order valence-corrected chi connectivity index (χ4v) is 3.30. The highest BCUT2D eigenvalue weighted by atomic mass is 16.1. The molecule has 0 radical (unpaired) electrons. The van der Waals surface area contributed by atoms with E-state index in [0.29, 0.717) is 18.2 Å². The maximum absolute atomic E-state index is 11.1. The molecule has 0 bridgehead atoms. The molecule has 0 aliphatic heterocycles. The molecule has 2 aromatic rings. The SMILES string of the molecule is C=CCn1nc(-c2ccc(C3CCCCC3)cc2)cc1C=O. The Kier molecular flexibility index (Phi) is 4.52. The molecule has 0 unspecified atom stereocenters. The summed E-state index contributed by atoms with van der Waals surface area (Å²) in [6, 6.07) is 10.5. The molecule has 114 valence electrons. The Morgan fingerprint density at radius 2 is 1.91 bits per heavy atom. The average molecular weight is 294 g/mol. The van der Waals surface area contributed by atoms with Crippen molar-refractivity contribution >= 4 is 6.29 Å². The van der Waals surface area contributed by atoms with Crippen LogP contribution >= 0.6 is 0 Å². The first-order chi connectivity index (χ1) is 10.8. The number of hydrogen-bond acceptors (Lipinski definition) is 2. The van der Waals surface area contributed by atoms with Crippen LogP contribution in [0.25, 0.3) is 11.3 Å². The molecule has 1 aliphatic rings. The van der Waals surface area contributed by atoms with Crippen LogP contribution in [0, 0.1) is 0 Å². The molecule has 0 amide bonds. The van der Waals surface area contributed by atoms with Gasteiger partial charge < -0.3 is 0 Å². The highest BCUT2D eigenvalue weighted by molar-refractivity contribution is 5.75. The Hall–Kier alpha value is -2.16. The average Bonchev–Trinajstić information content (AvgIpc) is 2.99. The van der Waals surface area contributed by atoms with Crippen LogP contribution in [0.1, 0.15) is 54.1 Å². The van der Waals surface area contributed by atoms with Gasteiger partial charge in [-0.1, -0.05) is 49.6 Å². The molecule has 3 rings (SSSR count). The minimum atomic E-state index is 0.550. The Morgan fingerprint density at radius 3 is 2.55 bits per heavy atom. The zero-order valence-electron chi connectivity index (χ0n) is 12.9. The summed E-state index contributed by atoms with van der Waals surface area (Å²) in [6.45, 7) is 4.25. The molecule has 3 nitrogen and oxygen atoms in total. The molecule has 0 spiro atoms. The van der Waals surface area contributed by atoms with Crippen LogP contribution in [0.2, 0.25) is 0 Å². The molecule has 0 saturated heterocycles. The van der Waals surface area contributed by atoms with Crippen LogP contribution in [-0.4, -0.2) is 16.1 Å².